The van der Waals surface area contributed by atoms with Gasteiger partial charge in [0.15, 0.2) is 0 Å². The maximum Gasteiger partial charge on any atom is 0.306 e. The largest absolute Gasteiger partial charge is 0.466 e. The zero-order chi connectivity index (χ0) is 13.8. The molecule has 0 aromatic carbocycles. The topological polar surface area (TPSA) is 66.8 Å². The second kappa shape index (κ2) is 11.2. The van der Waals surface area contributed by atoms with Crippen LogP contribution in [-0.4, -0.2) is 55.1 Å². The molecular formula is C13H25NO4. The number of hydrogen-bond donors (Lipinski definition) is 1. The van der Waals surface area contributed by atoms with Crippen molar-refractivity contribution in [1.29, 1.82) is 0 Å². The molecular weight excluding hydrogens is 234 g/mol. The first-order valence-corrected chi connectivity index (χ1v) is 6.56. The summed E-state index contributed by atoms with van der Waals surface area (Å²) in [6.07, 6.45) is 3.18. The molecule has 0 fully saturated rings. The van der Waals surface area contributed by atoms with E-state index in [9.17, 15) is 9.59 Å². The van der Waals surface area contributed by atoms with Gasteiger partial charge in [-0.05, 0) is 39.8 Å². The van der Waals surface area contributed by atoms with E-state index in [1.807, 2.05) is 11.9 Å². The van der Waals surface area contributed by atoms with Crippen LogP contribution in [0.15, 0.2) is 0 Å². The molecule has 0 unspecified atom stereocenters. The molecule has 0 bridgehead atoms. The van der Waals surface area contributed by atoms with Crippen LogP contribution in [-0.2, 0) is 14.3 Å². The minimum absolute atomic E-state index is 0.0627. The van der Waals surface area contributed by atoms with Gasteiger partial charge in [0.1, 0.15) is 5.78 Å². The lowest BCUT2D eigenvalue weighted by Crippen LogP contribution is -2.27. The Morgan fingerprint density at radius 2 is 1.89 bits per heavy atom. The van der Waals surface area contributed by atoms with Crippen LogP contribution in [0.4, 0.5) is 0 Å². The Balaban J connectivity index is 3.57. The number of ether oxygens (including phenoxy) is 1. The maximum absolute atomic E-state index is 11.6. The molecule has 5 nitrogen and oxygen atoms in total. The van der Waals surface area contributed by atoms with Crippen LogP contribution in [0, 0.1) is 0 Å². The number of hydrogen-bond acceptors (Lipinski definition) is 5. The lowest BCUT2D eigenvalue weighted by Gasteiger charge is -2.15. The van der Waals surface area contributed by atoms with Crippen molar-refractivity contribution in [2.45, 2.75) is 39.0 Å². The Morgan fingerprint density at radius 3 is 2.50 bits per heavy atom. The van der Waals surface area contributed by atoms with Gasteiger partial charge in [-0.2, -0.15) is 0 Å². The predicted octanol–water partition coefficient (Wildman–Crippen LogP) is 0.993. The van der Waals surface area contributed by atoms with E-state index in [1.165, 1.54) is 0 Å². The first kappa shape index (κ1) is 17.1. The number of nitrogens with zero attached hydrogens (tertiary/aromatic N) is 1. The first-order chi connectivity index (χ1) is 8.60. The highest BCUT2D eigenvalue weighted by molar-refractivity contribution is 5.84. The van der Waals surface area contributed by atoms with Crippen molar-refractivity contribution in [2.24, 2.45) is 0 Å². The number of Topliss-reactive ketones (excluding diaryl/α,β-unsaturated/α-hetero) is 1. The van der Waals surface area contributed by atoms with E-state index in [0.717, 1.165) is 25.8 Å². The minimum atomic E-state index is -0.309. The van der Waals surface area contributed by atoms with Gasteiger partial charge in [0.2, 0.25) is 0 Å². The number of likely N-dealkylation sites (N-methyl/N-ethyl adjacent to an activating group) is 1. The highest BCUT2D eigenvalue weighted by Gasteiger charge is 2.09. The Hall–Kier alpha value is -0.940. The summed E-state index contributed by atoms with van der Waals surface area (Å²) in [6, 6.07) is 0. The number of aliphatic hydroxyl groups is 1. The molecule has 18 heavy (non-hydrogen) atoms. The molecule has 0 aliphatic carbocycles. The summed E-state index contributed by atoms with van der Waals surface area (Å²) in [5.74, 6) is -0.246. The van der Waals surface area contributed by atoms with E-state index in [0.29, 0.717) is 13.2 Å². The van der Waals surface area contributed by atoms with Crippen molar-refractivity contribution in [2.75, 3.05) is 33.4 Å². The average Bonchev–Trinajstić information content (AvgIpc) is 2.32. The third kappa shape index (κ3) is 10.2. The van der Waals surface area contributed by atoms with Crippen molar-refractivity contribution in [1.82, 2.24) is 4.90 Å². The Bertz CT molecular complexity index is 243. The summed E-state index contributed by atoms with van der Waals surface area (Å²) in [5.41, 5.74) is 0. The molecule has 5 heteroatoms. The Labute approximate surface area is 109 Å². The van der Waals surface area contributed by atoms with Crippen LogP contribution in [0.3, 0.4) is 0 Å². The lowest BCUT2D eigenvalue weighted by molar-refractivity contribution is -0.144. The van der Waals surface area contributed by atoms with Crippen molar-refractivity contribution >= 4 is 11.8 Å². The maximum atomic E-state index is 11.6. The van der Waals surface area contributed by atoms with Gasteiger partial charge in [-0.15, -0.1) is 0 Å². The minimum Gasteiger partial charge on any atom is -0.466 e. The normalized spacial score (nSPS) is 10.7. The van der Waals surface area contributed by atoms with Crippen molar-refractivity contribution < 1.29 is 19.4 Å². The standard InChI is InChI=1S/C13H25NO4/c1-3-18-13(17)8-7-12(16)11-14(2)9-5-4-6-10-15/h15H,3-11H2,1-2H3. The van der Waals surface area contributed by atoms with Crippen molar-refractivity contribution in [3.05, 3.63) is 0 Å². The summed E-state index contributed by atoms with van der Waals surface area (Å²) < 4.78 is 4.76. The number of esters is 1. The quantitative estimate of drug-likeness (QED) is 0.443. The fourth-order valence-corrected chi connectivity index (χ4v) is 1.60. The third-order valence-corrected chi connectivity index (χ3v) is 2.56. The van der Waals surface area contributed by atoms with Gasteiger partial charge in [0.25, 0.3) is 0 Å². The fourth-order valence-electron chi connectivity index (χ4n) is 1.60. The van der Waals surface area contributed by atoms with E-state index in [2.05, 4.69) is 0 Å². The van der Waals surface area contributed by atoms with E-state index >= 15 is 0 Å². The number of carbonyl (C=O) groups excluding carboxylic acids is 2. The molecule has 0 amide bonds. The molecule has 0 radical (unpaired) electrons. The molecule has 0 saturated carbocycles. The Morgan fingerprint density at radius 1 is 1.17 bits per heavy atom. The fraction of sp³-hybridized carbons (Fsp3) is 0.846. The van der Waals surface area contributed by atoms with Gasteiger partial charge in [0.05, 0.1) is 19.6 Å². The van der Waals surface area contributed by atoms with E-state index < -0.39 is 0 Å². The highest BCUT2D eigenvalue weighted by atomic mass is 16.5. The molecule has 0 aliphatic rings. The van der Waals surface area contributed by atoms with Gasteiger partial charge in [-0.25, -0.2) is 0 Å². The van der Waals surface area contributed by atoms with Gasteiger partial charge < -0.3 is 9.84 Å². The number of aliphatic hydroxyl groups excluding tert-OH is 1. The second-order valence-corrected chi connectivity index (χ2v) is 4.37. The number of ketones is 1. The van der Waals surface area contributed by atoms with Gasteiger partial charge in [0, 0.05) is 13.0 Å². The lowest BCUT2D eigenvalue weighted by atomic mass is 10.2. The third-order valence-electron chi connectivity index (χ3n) is 2.56. The van der Waals surface area contributed by atoms with Crippen LogP contribution in [0.25, 0.3) is 0 Å². The second-order valence-electron chi connectivity index (χ2n) is 4.37. The molecule has 0 aromatic heterocycles. The van der Waals surface area contributed by atoms with Crippen LogP contribution in [0.5, 0.6) is 0 Å². The van der Waals surface area contributed by atoms with Gasteiger partial charge in [-0.1, -0.05) is 0 Å². The molecule has 0 aliphatic heterocycles. The number of unbranched alkanes of at least 4 members (excludes halogenated alkanes) is 2. The highest BCUT2D eigenvalue weighted by Crippen LogP contribution is 1.99. The number of rotatable bonds is 11. The molecule has 106 valence electrons. The predicted molar refractivity (Wildman–Crippen MR) is 69.3 cm³/mol. The van der Waals surface area contributed by atoms with Crippen LogP contribution >= 0.6 is 0 Å². The monoisotopic (exact) mass is 259 g/mol. The summed E-state index contributed by atoms with van der Waals surface area (Å²) in [7, 11) is 1.89. The summed E-state index contributed by atoms with van der Waals surface area (Å²) in [6.45, 7) is 3.55. The summed E-state index contributed by atoms with van der Waals surface area (Å²) >= 11 is 0. The average molecular weight is 259 g/mol. The van der Waals surface area contributed by atoms with E-state index in [4.69, 9.17) is 9.84 Å². The molecule has 0 rings (SSSR count). The van der Waals surface area contributed by atoms with Crippen LogP contribution in [0.1, 0.15) is 39.0 Å². The molecule has 0 spiro atoms. The smallest absolute Gasteiger partial charge is 0.306 e. The van der Waals surface area contributed by atoms with Crippen LogP contribution in [0.2, 0.25) is 0 Å². The van der Waals surface area contributed by atoms with Gasteiger partial charge >= 0.3 is 5.97 Å². The molecule has 0 atom stereocenters. The molecule has 1 N–H and O–H groups in total. The molecule has 0 heterocycles. The van der Waals surface area contributed by atoms with Crippen molar-refractivity contribution in [3.8, 4) is 0 Å². The molecule has 0 saturated heterocycles. The van der Waals surface area contributed by atoms with E-state index in [-0.39, 0.29) is 31.2 Å². The zero-order valence-corrected chi connectivity index (χ0v) is 11.5. The van der Waals surface area contributed by atoms with Crippen LogP contribution < -0.4 is 0 Å². The van der Waals surface area contributed by atoms with Gasteiger partial charge in [-0.3, -0.25) is 14.5 Å². The first-order valence-electron chi connectivity index (χ1n) is 6.56. The molecule has 0 aromatic rings. The van der Waals surface area contributed by atoms with Crippen molar-refractivity contribution in [3.63, 3.8) is 0 Å². The zero-order valence-electron chi connectivity index (χ0n) is 11.5. The SMILES string of the molecule is CCOC(=O)CCC(=O)CN(C)CCCCCO. The summed E-state index contributed by atoms with van der Waals surface area (Å²) in [5, 5.41) is 8.63. The Kier molecular flexibility index (Phi) is 10.6. The van der Waals surface area contributed by atoms with E-state index in [1.54, 1.807) is 6.92 Å². The summed E-state index contributed by atoms with van der Waals surface area (Å²) in [4.78, 5) is 24.6. The number of carbonyl (C=O) groups is 2.